The molecule has 1 heteroatoms. The second-order valence-electron chi connectivity index (χ2n) is 3.88. The second kappa shape index (κ2) is 2.89. The summed E-state index contributed by atoms with van der Waals surface area (Å²) in [5, 5.41) is 0. The lowest BCUT2D eigenvalue weighted by atomic mass is 9.85. The maximum atomic E-state index is 2.33. The molecule has 1 nitrogen and oxygen atoms in total. The molecule has 64 valence electrons. The molecule has 1 aliphatic rings. The van der Waals surface area contributed by atoms with Gasteiger partial charge in [0.1, 0.15) is 7.05 Å². The monoisotopic (exact) mass is 162 g/mol. The molecule has 0 fully saturated rings. The summed E-state index contributed by atoms with van der Waals surface area (Å²) in [6.07, 6.45) is 8.43. The smallest absolute Gasteiger partial charge is 0.172 e. The molecule has 1 unspecified atom stereocenters. The second-order valence-corrected chi connectivity index (χ2v) is 3.88. The highest BCUT2D eigenvalue weighted by Gasteiger charge is 2.18. The van der Waals surface area contributed by atoms with Crippen LogP contribution in [0.4, 0.5) is 0 Å². The van der Waals surface area contributed by atoms with Gasteiger partial charge < -0.3 is 0 Å². The van der Waals surface area contributed by atoms with E-state index in [-0.39, 0.29) is 0 Å². The molecule has 0 N–H and O–H groups in total. The van der Waals surface area contributed by atoms with Crippen molar-refractivity contribution in [1.82, 2.24) is 0 Å². The Morgan fingerprint density at radius 3 is 3.17 bits per heavy atom. The zero-order chi connectivity index (χ0) is 8.55. The first-order valence-corrected chi connectivity index (χ1v) is 4.75. The van der Waals surface area contributed by atoms with Gasteiger partial charge in [-0.2, -0.15) is 0 Å². The first-order chi connectivity index (χ1) is 5.77. The molecule has 1 aromatic heterocycles. The van der Waals surface area contributed by atoms with E-state index in [4.69, 9.17) is 0 Å². The van der Waals surface area contributed by atoms with Gasteiger partial charge in [-0.15, -0.1) is 0 Å². The first kappa shape index (κ1) is 7.78. The molecule has 0 saturated heterocycles. The molecule has 0 bridgehead atoms. The van der Waals surface area contributed by atoms with Crippen molar-refractivity contribution in [2.24, 2.45) is 7.05 Å². The van der Waals surface area contributed by atoms with Crippen LogP contribution in [0.25, 0.3) is 0 Å². The molecule has 2 rings (SSSR count). The van der Waals surface area contributed by atoms with Crippen LogP contribution >= 0.6 is 0 Å². The highest BCUT2D eigenvalue weighted by atomic mass is 14.9. The Morgan fingerprint density at radius 1 is 1.50 bits per heavy atom. The molecular weight excluding hydrogens is 146 g/mol. The summed E-state index contributed by atoms with van der Waals surface area (Å²) < 4.78 is 2.15. The van der Waals surface area contributed by atoms with Crippen molar-refractivity contribution in [3.63, 3.8) is 0 Å². The van der Waals surface area contributed by atoms with Gasteiger partial charge in [-0.3, -0.25) is 0 Å². The van der Waals surface area contributed by atoms with Gasteiger partial charge in [0.2, 0.25) is 0 Å². The lowest BCUT2D eigenvalue weighted by molar-refractivity contribution is -0.672. The van der Waals surface area contributed by atoms with Gasteiger partial charge in [-0.05, 0) is 30.7 Å². The number of aromatic nitrogens is 1. The number of nitrogens with zero attached hydrogens (tertiary/aromatic N) is 1. The van der Waals surface area contributed by atoms with Crippen LogP contribution in [0.5, 0.6) is 0 Å². The summed E-state index contributed by atoms with van der Waals surface area (Å²) in [5.41, 5.74) is 3.12. The van der Waals surface area contributed by atoms with Crippen LogP contribution in [-0.4, -0.2) is 0 Å². The average molecular weight is 162 g/mol. The number of hydrogen-bond donors (Lipinski definition) is 0. The summed E-state index contributed by atoms with van der Waals surface area (Å²) in [7, 11) is 2.10. The molecule has 1 heterocycles. The normalized spacial score (nSPS) is 22.0. The largest absolute Gasteiger partial charge is 0.207 e. The Morgan fingerprint density at radius 2 is 2.33 bits per heavy atom. The molecule has 0 spiro atoms. The van der Waals surface area contributed by atoms with Crippen molar-refractivity contribution in [3.8, 4) is 0 Å². The van der Waals surface area contributed by atoms with Crippen LogP contribution in [0.1, 0.15) is 36.8 Å². The highest BCUT2D eigenvalue weighted by Crippen LogP contribution is 2.29. The molecule has 1 aromatic rings. The van der Waals surface area contributed by atoms with Gasteiger partial charge in [-0.1, -0.05) is 6.92 Å². The number of rotatable bonds is 0. The van der Waals surface area contributed by atoms with Gasteiger partial charge in [0, 0.05) is 11.6 Å². The Bertz CT molecular complexity index is 291. The fraction of sp³-hybridized carbons (Fsp3) is 0.545. The standard InChI is InChI=1S/C11H16N/c1-9-4-3-5-10-6-7-12(2)8-11(9)10/h6-9H,3-5H2,1-2H3/q+1. The van der Waals surface area contributed by atoms with E-state index >= 15 is 0 Å². The molecule has 0 radical (unpaired) electrons. The van der Waals surface area contributed by atoms with Crippen molar-refractivity contribution in [1.29, 1.82) is 0 Å². The Labute approximate surface area is 74.0 Å². The summed E-state index contributed by atoms with van der Waals surface area (Å²) >= 11 is 0. The fourth-order valence-corrected chi connectivity index (χ4v) is 2.07. The van der Waals surface area contributed by atoms with Crippen LogP contribution in [-0.2, 0) is 13.5 Å². The van der Waals surface area contributed by atoms with E-state index in [0.717, 1.165) is 5.92 Å². The van der Waals surface area contributed by atoms with Crippen LogP contribution in [0, 0.1) is 0 Å². The Kier molecular flexibility index (Phi) is 1.87. The maximum absolute atomic E-state index is 2.33. The third kappa shape index (κ3) is 1.24. The summed E-state index contributed by atoms with van der Waals surface area (Å²) in [4.78, 5) is 0. The molecule has 1 aliphatic carbocycles. The van der Waals surface area contributed by atoms with Crippen LogP contribution in [0.2, 0.25) is 0 Å². The number of aryl methyl sites for hydroxylation is 2. The predicted molar refractivity (Wildman–Crippen MR) is 49.0 cm³/mol. The van der Waals surface area contributed by atoms with Crippen molar-refractivity contribution in [2.75, 3.05) is 0 Å². The lowest BCUT2D eigenvalue weighted by Crippen LogP contribution is -2.29. The molecule has 0 aliphatic heterocycles. The minimum atomic E-state index is 0.765. The van der Waals surface area contributed by atoms with E-state index < -0.39 is 0 Å². The third-order valence-electron chi connectivity index (χ3n) is 2.84. The van der Waals surface area contributed by atoms with E-state index in [0.29, 0.717) is 0 Å². The van der Waals surface area contributed by atoms with Crippen molar-refractivity contribution in [3.05, 3.63) is 29.6 Å². The SMILES string of the molecule is CC1CCCc2cc[n+](C)cc21. The van der Waals surface area contributed by atoms with Crippen molar-refractivity contribution < 1.29 is 4.57 Å². The van der Waals surface area contributed by atoms with Gasteiger partial charge in [0.15, 0.2) is 12.4 Å². The molecule has 0 amide bonds. The van der Waals surface area contributed by atoms with Crippen molar-refractivity contribution in [2.45, 2.75) is 32.1 Å². The van der Waals surface area contributed by atoms with E-state index in [2.05, 4.69) is 37.0 Å². The van der Waals surface area contributed by atoms with E-state index in [9.17, 15) is 0 Å². The number of pyridine rings is 1. The topological polar surface area (TPSA) is 3.88 Å². The summed E-state index contributed by atoms with van der Waals surface area (Å²) in [6.45, 7) is 2.33. The molecule has 12 heavy (non-hydrogen) atoms. The summed E-state index contributed by atoms with van der Waals surface area (Å²) in [6, 6.07) is 2.27. The first-order valence-electron chi connectivity index (χ1n) is 4.75. The zero-order valence-electron chi connectivity index (χ0n) is 7.88. The van der Waals surface area contributed by atoms with Crippen LogP contribution in [0.15, 0.2) is 18.5 Å². The fourth-order valence-electron chi connectivity index (χ4n) is 2.07. The van der Waals surface area contributed by atoms with E-state index in [1.54, 1.807) is 11.1 Å². The predicted octanol–water partition coefficient (Wildman–Crippen LogP) is 1.95. The summed E-state index contributed by atoms with van der Waals surface area (Å²) in [5.74, 6) is 0.765. The minimum Gasteiger partial charge on any atom is -0.207 e. The molecular formula is C11H16N+. The van der Waals surface area contributed by atoms with E-state index in [1.165, 1.54) is 19.3 Å². The quantitative estimate of drug-likeness (QED) is 0.513. The maximum Gasteiger partial charge on any atom is 0.172 e. The van der Waals surface area contributed by atoms with Gasteiger partial charge in [0.05, 0.1) is 0 Å². The van der Waals surface area contributed by atoms with Crippen LogP contribution < -0.4 is 4.57 Å². The number of fused-ring (bicyclic) bond motifs is 1. The van der Waals surface area contributed by atoms with Crippen LogP contribution in [0.3, 0.4) is 0 Å². The highest BCUT2D eigenvalue weighted by molar-refractivity contribution is 5.27. The van der Waals surface area contributed by atoms with Crippen molar-refractivity contribution >= 4 is 0 Å². The molecule has 0 saturated carbocycles. The lowest BCUT2D eigenvalue weighted by Gasteiger charge is -2.19. The third-order valence-corrected chi connectivity index (χ3v) is 2.84. The minimum absolute atomic E-state index is 0.765. The molecule has 0 aromatic carbocycles. The Hall–Kier alpha value is -0.850. The number of hydrogen-bond acceptors (Lipinski definition) is 0. The molecule has 1 atom stereocenters. The zero-order valence-corrected chi connectivity index (χ0v) is 7.88. The average Bonchev–Trinajstić information content (AvgIpc) is 2.07. The van der Waals surface area contributed by atoms with Gasteiger partial charge >= 0.3 is 0 Å². The van der Waals surface area contributed by atoms with Gasteiger partial charge in [-0.25, -0.2) is 4.57 Å². The van der Waals surface area contributed by atoms with Gasteiger partial charge in [0.25, 0.3) is 0 Å². The van der Waals surface area contributed by atoms with E-state index in [1.807, 2.05) is 0 Å². The Balaban J connectivity index is 2.47.